The van der Waals surface area contributed by atoms with Gasteiger partial charge in [-0.1, -0.05) is 67.0 Å². The maximum atomic E-state index is 12.9. The molecule has 0 bridgehead atoms. The first-order valence-corrected chi connectivity index (χ1v) is 13.6. The summed E-state index contributed by atoms with van der Waals surface area (Å²) in [7, 11) is 0. The van der Waals surface area contributed by atoms with Crippen molar-refractivity contribution in [3.63, 3.8) is 0 Å². The van der Waals surface area contributed by atoms with Gasteiger partial charge in [0, 0.05) is 11.8 Å². The second-order valence-corrected chi connectivity index (χ2v) is 14.4. The molecule has 0 spiro atoms. The van der Waals surface area contributed by atoms with Gasteiger partial charge in [0.1, 0.15) is 5.78 Å². The molecule has 0 aliphatic heterocycles. The average Bonchev–Trinajstić information content (AvgIpc) is 2.69. The molecule has 4 fully saturated rings. The molecule has 1 heteroatoms. The van der Waals surface area contributed by atoms with Gasteiger partial charge in [0.2, 0.25) is 0 Å². The summed E-state index contributed by atoms with van der Waals surface area (Å²) in [5.41, 5.74) is 3.26. The minimum absolute atomic E-state index is 0.141. The SMILES string of the molecule is C[C@@H]1CC[C@]2(C)CC[C@]3(C)C(=CCC4[C@@]5(C)CCC(=O)C(C)(C)C5CC[C@]43C)C2[C@H]1C. The van der Waals surface area contributed by atoms with Crippen LogP contribution in [0.2, 0.25) is 0 Å². The van der Waals surface area contributed by atoms with E-state index in [2.05, 4.69) is 61.5 Å². The van der Waals surface area contributed by atoms with Crippen LogP contribution in [0, 0.1) is 56.7 Å². The fraction of sp³-hybridized carbons (Fsp3) is 0.900. The average molecular weight is 425 g/mol. The van der Waals surface area contributed by atoms with Crippen LogP contribution in [0.3, 0.4) is 0 Å². The summed E-state index contributed by atoms with van der Waals surface area (Å²) in [5.74, 6) is 4.24. The Morgan fingerprint density at radius 2 is 1.55 bits per heavy atom. The van der Waals surface area contributed by atoms with Crippen molar-refractivity contribution >= 4 is 5.78 Å². The number of allylic oxidation sites excluding steroid dienone is 2. The Hall–Kier alpha value is -0.590. The molecule has 5 rings (SSSR count). The van der Waals surface area contributed by atoms with Crippen LogP contribution in [0.25, 0.3) is 0 Å². The Morgan fingerprint density at radius 3 is 2.26 bits per heavy atom. The van der Waals surface area contributed by atoms with E-state index in [9.17, 15) is 4.79 Å². The third-order valence-corrected chi connectivity index (χ3v) is 13.1. The van der Waals surface area contributed by atoms with E-state index in [0.717, 1.165) is 36.5 Å². The first kappa shape index (κ1) is 22.2. The third-order valence-electron chi connectivity index (χ3n) is 13.1. The van der Waals surface area contributed by atoms with Crippen LogP contribution in [0.5, 0.6) is 0 Å². The lowest BCUT2D eigenvalue weighted by atomic mass is 9.33. The molecule has 5 aliphatic carbocycles. The highest BCUT2D eigenvalue weighted by Crippen LogP contribution is 2.75. The molecule has 0 aromatic carbocycles. The van der Waals surface area contributed by atoms with Crippen molar-refractivity contribution < 1.29 is 4.79 Å². The fourth-order valence-electron chi connectivity index (χ4n) is 10.7. The normalized spacial score (nSPS) is 55.9. The summed E-state index contributed by atoms with van der Waals surface area (Å²) in [6, 6.07) is 0. The molecule has 5 aliphatic rings. The zero-order valence-corrected chi connectivity index (χ0v) is 21.7. The van der Waals surface area contributed by atoms with Crippen molar-refractivity contribution in [2.24, 2.45) is 56.7 Å². The van der Waals surface area contributed by atoms with Crippen LogP contribution in [0.4, 0.5) is 0 Å². The second-order valence-electron chi connectivity index (χ2n) is 14.4. The third kappa shape index (κ3) is 2.59. The van der Waals surface area contributed by atoms with E-state index < -0.39 is 0 Å². The van der Waals surface area contributed by atoms with E-state index in [-0.39, 0.29) is 5.41 Å². The quantitative estimate of drug-likeness (QED) is 0.358. The highest BCUT2D eigenvalue weighted by Gasteiger charge is 2.68. The molecule has 31 heavy (non-hydrogen) atoms. The lowest BCUT2D eigenvalue weighted by Gasteiger charge is -2.71. The van der Waals surface area contributed by atoms with Crippen molar-refractivity contribution in [2.75, 3.05) is 0 Å². The summed E-state index contributed by atoms with van der Waals surface area (Å²) < 4.78 is 0. The number of fused-ring (bicyclic) bond motifs is 7. The first-order chi connectivity index (χ1) is 14.3. The summed E-state index contributed by atoms with van der Waals surface area (Å²) in [6.45, 7) is 20.2. The molecule has 3 unspecified atom stereocenters. The molecule has 174 valence electrons. The largest absolute Gasteiger partial charge is 0.299 e. The van der Waals surface area contributed by atoms with E-state index in [1.807, 2.05) is 5.57 Å². The monoisotopic (exact) mass is 424 g/mol. The topological polar surface area (TPSA) is 17.1 Å². The van der Waals surface area contributed by atoms with Crippen molar-refractivity contribution in [1.29, 1.82) is 0 Å². The van der Waals surface area contributed by atoms with Crippen LogP contribution in [0.15, 0.2) is 11.6 Å². The molecule has 9 atom stereocenters. The predicted molar refractivity (Wildman–Crippen MR) is 130 cm³/mol. The minimum Gasteiger partial charge on any atom is -0.299 e. The van der Waals surface area contributed by atoms with Gasteiger partial charge in [0.05, 0.1) is 0 Å². The Bertz CT molecular complexity index is 820. The molecule has 0 heterocycles. The highest BCUT2D eigenvalue weighted by atomic mass is 16.1. The van der Waals surface area contributed by atoms with Crippen LogP contribution >= 0.6 is 0 Å². The number of carbonyl (C=O) groups excluding carboxylic acids is 1. The Morgan fingerprint density at radius 1 is 0.839 bits per heavy atom. The van der Waals surface area contributed by atoms with Gasteiger partial charge in [-0.3, -0.25) is 4.79 Å². The van der Waals surface area contributed by atoms with Crippen molar-refractivity contribution in [3.8, 4) is 0 Å². The fourth-order valence-corrected chi connectivity index (χ4v) is 10.7. The molecule has 0 amide bonds. The van der Waals surface area contributed by atoms with Gasteiger partial charge >= 0.3 is 0 Å². The number of Topliss-reactive ketones (excluding diaryl/α,β-unsaturated/α-hetero) is 1. The lowest BCUT2D eigenvalue weighted by Crippen LogP contribution is -2.64. The van der Waals surface area contributed by atoms with Crippen molar-refractivity contribution in [1.82, 2.24) is 0 Å². The van der Waals surface area contributed by atoms with Gasteiger partial charge in [-0.05, 0) is 103 Å². The molecule has 0 aromatic heterocycles. The predicted octanol–water partition coefficient (Wildman–Crippen LogP) is 8.23. The van der Waals surface area contributed by atoms with E-state index >= 15 is 0 Å². The highest BCUT2D eigenvalue weighted by molar-refractivity contribution is 5.85. The molecular weight excluding hydrogens is 376 g/mol. The maximum Gasteiger partial charge on any atom is 0.138 e. The number of hydrogen-bond acceptors (Lipinski definition) is 1. The van der Waals surface area contributed by atoms with E-state index in [1.54, 1.807) is 0 Å². The van der Waals surface area contributed by atoms with Crippen LogP contribution in [-0.4, -0.2) is 5.78 Å². The smallest absolute Gasteiger partial charge is 0.138 e. The second kappa shape index (κ2) is 6.50. The van der Waals surface area contributed by atoms with Crippen LogP contribution in [0.1, 0.15) is 113 Å². The van der Waals surface area contributed by atoms with Gasteiger partial charge in [-0.25, -0.2) is 0 Å². The number of rotatable bonds is 0. The van der Waals surface area contributed by atoms with E-state index in [4.69, 9.17) is 0 Å². The number of hydrogen-bond donors (Lipinski definition) is 0. The maximum absolute atomic E-state index is 12.9. The molecule has 0 aromatic rings. The first-order valence-electron chi connectivity index (χ1n) is 13.6. The van der Waals surface area contributed by atoms with Crippen molar-refractivity contribution in [3.05, 3.63) is 11.6 Å². The van der Waals surface area contributed by atoms with Crippen LogP contribution in [-0.2, 0) is 4.79 Å². The molecule has 4 saturated carbocycles. The zero-order chi connectivity index (χ0) is 22.6. The Kier molecular flexibility index (Phi) is 4.66. The van der Waals surface area contributed by atoms with Gasteiger partial charge in [-0.2, -0.15) is 0 Å². The molecule has 1 nitrogen and oxygen atoms in total. The van der Waals surface area contributed by atoms with Gasteiger partial charge in [0.25, 0.3) is 0 Å². The summed E-state index contributed by atoms with van der Waals surface area (Å²) in [4.78, 5) is 12.9. The molecular formula is C30H48O. The summed E-state index contributed by atoms with van der Waals surface area (Å²) in [5, 5.41) is 0. The van der Waals surface area contributed by atoms with Gasteiger partial charge in [-0.15, -0.1) is 0 Å². The zero-order valence-electron chi connectivity index (χ0n) is 21.7. The molecule has 0 saturated heterocycles. The standard InChI is InChI=1S/C30H48O/c1-19-11-14-27(5)17-18-29(7)21(25(27)20(19)2)9-10-23-28(6)15-13-24(31)26(3,4)22(28)12-16-30(23,29)8/h9,19-20,22-23,25H,10-18H2,1-8H3/t19-,20+,22?,23?,25?,27-,28+,29-,30-/m1/s1. The Balaban J connectivity index is 1.60. The van der Waals surface area contributed by atoms with Crippen molar-refractivity contribution in [2.45, 2.75) is 113 Å². The molecule has 0 N–H and O–H groups in total. The summed E-state index contributed by atoms with van der Waals surface area (Å²) >= 11 is 0. The van der Waals surface area contributed by atoms with Crippen LogP contribution < -0.4 is 0 Å². The van der Waals surface area contributed by atoms with E-state index in [1.165, 1.54) is 44.9 Å². The molecule has 0 radical (unpaired) electrons. The van der Waals surface area contributed by atoms with Gasteiger partial charge < -0.3 is 0 Å². The number of ketones is 1. The summed E-state index contributed by atoms with van der Waals surface area (Å²) in [6.07, 6.45) is 14.1. The van der Waals surface area contributed by atoms with Gasteiger partial charge in [0.15, 0.2) is 0 Å². The minimum atomic E-state index is -0.141. The number of carbonyl (C=O) groups is 1. The Labute approximate surface area is 192 Å². The van der Waals surface area contributed by atoms with E-state index in [0.29, 0.717) is 33.4 Å². The lowest BCUT2D eigenvalue weighted by molar-refractivity contribution is -0.185.